The molecule has 2 atom stereocenters. The Morgan fingerprint density at radius 1 is 1.50 bits per heavy atom. The molecule has 0 aromatic carbocycles. The lowest BCUT2D eigenvalue weighted by molar-refractivity contribution is 0.568. The number of carbonyl (C=O) groups is 1. The van der Waals surface area contributed by atoms with Crippen LogP contribution in [0.1, 0.15) is 0 Å². The molecule has 0 aliphatic rings. The second-order valence-corrected chi connectivity index (χ2v) is 3.20. The number of rotatable bonds is 5. The van der Waals surface area contributed by atoms with Crippen molar-refractivity contribution in [3.05, 3.63) is 0 Å². The summed E-state index contributed by atoms with van der Waals surface area (Å²) in [6.45, 7) is 0. The summed E-state index contributed by atoms with van der Waals surface area (Å²) in [6, 6.07) is 0. The quantitative estimate of drug-likeness (QED) is 0.315. The van der Waals surface area contributed by atoms with Gasteiger partial charge in [0, 0.05) is 0 Å². The maximum atomic E-state index is 10.1. The summed E-state index contributed by atoms with van der Waals surface area (Å²) < 4.78 is 0. The standard InChI is InChI=1S/C5H12N2OS2/c1-6-4(9)5(7-2)10-3-8/h3-7,9H,1-2H3. The van der Waals surface area contributed by atoms with Gasteiger partial charge < -0.3 is 10.6 Å². The Balaban J connectivity index is 3.67. The van der Waals surface area contributed by atoms with E-state index in [1.807, 2.05) is 0 Å². The van der Waals surface area contributed by atoms with Crippen LogP contribution in [-0.2, 0) is 4.79 Å². The van der Waals surface area contributed by atoms with E-state index in [4.69, 9.17) is 0 Å². The molecule has 5 heteroatoms. The third-order valence-electron chi connectivity index (χ3n) is 1.07. The van der Waals surface area contributed by atoms with Crippen molar-refractivity contribution in [1.82, 2.24) is 10.6 Å². The molecule has 0 aromatic heterocycles. The van der Waals surface area contributed by atoms with Crippen molar-refractivity contribution in [3.63, 3.8) is 0 Å². The molecule has 0 spiro atoms. The lowest BCUT2D eigenvalue weighted by Crippen LogP contribution is -2.39. The first-order valence-electron chi connectivity index (χ1n) is 2.88. The molecular weight excluding hydrogens is 168 g/mol. The van der Waals surface area contributed by atoms with Gasteiger partial charge in [0.1, 0.15) is 0 Å². The van der Waals surface area contributed by atoms with E-state index in [-0.39, 0.29) is 10.7 Å². The van der Waals surface area contributed by atoms with Gasteiger partial charge in [0.05, 0.1) is 10.7 Å². The summed E-state index contributed by atoms with van der Waals surface area (Å²) in [5.41, 5.74) is 0.807. The summed E-state index contributed by atoms with van der Waals surface area (Å²) in [5.74, 6) is 0. The molecule has 0 aliphatic carbocycles. The number of nitrogens with one attached hydrogen (secondary N) is 2. The molecule has 10 heavy (non-hydrogen) atoms. The molecule has 0 radical (unpaired) electrons. The van der Waals surface area contributed by atoms with Gasteiger partial charge >= 0.3 is 0 Å². The minimum absolute atomic E-state index is 0.000185. The predicted molar refractivity (Wildman–Crippen MR) is 49.0 cm³/mol. The van der Waals surface area contributed by atoms with Crippen molar-refractivity contribution in [3.8, 4) is 0 Å². The zero-order valence-electron chi connectivity index (χ0n) is 6.00. The van der Waals surface area contributed by atoms with Crippen LogP contribution in [-0.4, -0.2) is 30.5 Å². The average Bonchev–Trinajstić information content (AvgIpc) is 1.99. The Morgan fingerprint density at radius 3 is 2.40 bits per heavy atom. The number of thiol groups is 1. The van der Waals surface area contributed by atoms with Crippen LogP contribution in [0.5, 0.6) is 0 Å². The van der Waals surface area contributed by atoms with E-state index in [2.05, 4.69) is 23.3 Å². The zero-order valence-corrected chi connectivity index (χ0v) is 7.71. The molecule has 60 valence electrons. The van der Waals surface area contributed by atoms with Crippen molar-refractivity contribution in [1.29, 1.82) is 0 Å². The molecule has 0 aliphatic heterocycles. The maximum Gasteiger partial charge on any atom is 0.177 e. The monoisotopic (exact) mass is 180 g/mol. The van der Waals surface area contributed by atoms with E-state index in [1.54, 1.807) is 14.1 Å². The minimum atomic E-state index is 0.000185. The van der Waals surface area contributed by atoms with Gasteiger partial charge in [-0.15, -0.1) is 0 Å². The molecule has 2 unspecified atom stereocenters. The van der Waals surface area contributed by atoms with Gasteiger partial charge in [0.15, 0.2) is 5.62 Å². The van der Waals surface area contributed by atoms with Crippen LogP contribution in [0.4, 0.5) is 0 Å². The van der Waals surface area contributed by atoms with Gasteiger partial charge in [0.25, 0.3) is 0 Å². The Labute approximate surface area is 70.7 Å². The number of thioether (sulfide) groups is 1. The molecule has 0 rings (SSSR count). The predicted octanol–water partition coefficient (Wildman–Crippen LogP) is -0.0694. The van der Waals surface area contributed by atoms with Crippen LogP contribution in [0.25, 0.3) is 0 Å². The van der Waals surface area contributed by atoms with E-state index in [0.29, 0.717) is 0 Å². The number of carbonyl (C=O) groups excluding carboxylic acids is 1. The lowest BCUT2D eigenvalue weighted by Gasteiger charge is -2.18. The van der Waals surface area contributed by atoms with Crippen molar-refractivity contribution < 1.29 is 4.79 Å². The molecule has 0 aromatic rings. The summed E-state index contributed by atoms with van der Waals surface area (Å²) >= 11 is 5.36. The number of hydrogen-bond acceptors (Lipinski definition) is 5. The molecule has 0 amide bonds. The SMILES string of the molecule is CNC(S)C(NC)SC=O. The topological polar surface area (TPSA) is 41.1 Å². The molecular formula is C5H12N2OS2. The molecule has 3 nitrogen and oxygen atoms in total. The molecule has 0 saturated heterocycles. The highest BCUT2D eigenvalue weighted by Crippen LogP contribution is 2.09. The van der Waals surface area contributed by atoms with Crippen molar-refractivity contribution in [2.24, 2.45) is 0 Å². The lowest BCUT2D eigenvalue weighted by atomic mass is 10.6. The van der Waals surface area contributed by atoms with Gasteiger partial charge in [-0.25, -0.2) is 0 Å². The summed E-state index contributed by atoms with van der Waals surface area (Å²) in [6.07, 6.45) is 0. The number of likely N-dealkylation sites (N-methyl/N-ethyl adjacent to an activating group) is 2. The highest BCUT2D eigenvalue weighted by atomic mass is 32.2. The molecule has 0 heterocycles. The Hall–Kier alpha value is 0.290. The molecule has 0 saturated carbocycles. The van der Waals surface area contributed by atoms with Gasteiger partial charge in [-0.1, -0.05) is 11.8 Å². The molecule has 0 fully saturated rings. The van der Waals surface area contributed by atoms with Crippen LogP contribution in [0, 0.1) is 0 Å². The fourth-order valence-electron chi connectivity index (χ4n) is 0.512. The van der Waals surface area contributed by atoms with Gasteiger partial charge in [-0.3, -0.25) is 4.79 Å². The Kier molecular flexibility index (Phi) is 6.20. The smallest absolute Gasteiger partial charge is 0.177 e. The van der Waals surface area contributed by atoms with Crippen LogP contribution in [0.3, 0.4) is 0 Å². The third-order valence-corrected chi connectivity index (χ3v) is 2.74. The zero-order chi connectivity index (χ0) is 7.98. The van der Waals surface area contributed by atoms with Crippen LogP contribution in [0.15, 0.2) is 0 Å². The van der Waals surface area contributed by atoms with Crippen LogP contribution >= 0.6 is 24.4 Å². The second kappa shape index (κ2) is 6.03. The number of hydrogen-bond donors (Lipinski definition) is 3. The van der Waals surface area contributed by atoms with Gasteiger partial charge in [-0.2, -0.15) is 12.6 Å². The average molecular weight is 180 g/mol. The fourth-order valence-corrected chi connectivity index (χ4v) is 1.41. The minimum Gasteiger partial charge on any atom is -0.307 e. The van der Waals surface area contributed by atoms with E-state index in [9.17, 15) is 4.79 Å². The summed E-state index contributed by atoms with van der Waals surface area (Å²) in [7, 11) is 3.59. The van der Waals surface area contributed by atoms with E-state index < -0.39 is 0 Å². The van der Waals surface area contributed by atoms with Crippen molar-refractivity contribution in [2.75, 3.05) is 14.1 Å². The Morgan fingerprint density at radius 2 is 2.10 bits per heavy atom. The van der Waals surface area contributed by atoms with Crippen LogP contribution < -0.4 is 10.6 Å². The third kappa shape index (κ3) is 3.46. The van der Waals surface area contributed by atoms with Crippen molar-refractivity contribution >= 4 is 30.0 Å². The molecule has 0 bridgehead atoms. The highest BCUT2D eigenvalue weighted by molar-refractivity contribution is 8.12. The second-order valence-electron chi connectivity index (χ2n) is 1.68. The first-order valence-corrected chi connectivity index (χ1v) is 4.34. The van der Waals surface area contributed by atoms with Gasteiger partial charge in [0.2, 0.25) is 0 Å². The maximum absolute atomic E-state index is 10.1. The highest BCUT2D eigenvalue weighted by Gasteiger charge is 2.13. The van der Waals surface area contributed by atoms with Crippen molar-refractivity contribution in [2.45, 2.75) is 10.7 Å². The molecule has 2 N–H and O–H groups in total. The first-order chi connectivity index (χ1) is 4.76. The largest absolute Gasteiger partial charge is 0.307 e. The van der Waals surface area contributed by atoms with Gasteiger partial charge in [-0.05, 0) is 14.1 Å². The summed E-state index contributed by atoms with van der Waals surface area (Å²) in [5, 5.41) is 5.90. The van der Waals surface area contributed by atoms with E-state index in [0.717, 1.165) is 5.62 Å². The van der Waals surface area contributed by atoms with Crippen LogP contribution in [0.2, 0.25) is 0 Å². The first kappa shape index (κ1) is 10.3. The summed E-state index contributed by atoms with van der Waals surface area (Å²) in [4.78, 5) is 10.1. The van der Waals surface area contributed by atoms with E-state index >= 15 is 0 Å². The fraction of sp³-hybridized carbons (Fsp3) is 0.800. The van der Waals surface area contributed by atoms with E-state index in [1.165, 1.54) is 11.8 Å². The normalized spacial score (nSPS) is 16.3. The Bertz CT molecular complexity index is 102.